The first kappa shape index (κ1) is 14.3. The van der Waals surface area contributed by atoms with Crippen LogP contribution in [0.5, 0.6) is 5.75 Å². The Morgan fingerprint density at radius 1 is 1.43 bits per heavy atom. The van der Waals surface area contributed by atoms with Crippen molar-refractivity contribution in [3.8, 4) is 5.75 Å². The Bertz CT molecular complexity index is 502. The van der Waals surface area contributed by atoms with Crippen LogP contribution in [0.2, 0.25) is 0 Å². The van der Waals surface area contributed by atoms with Crippen molar-refractivity contribution in [2.24, 2.45) is 5.41 Å². The lowest BCUT2D eigenvalue weighted by molar-refractivity contribution is 0.0598. The van der Waals surface area contributed by atoms with Gasteiger partial charge in [-0.05, 0) is 50.3 Å². The summed E-state index contributed by atoms with van der Waals surface area (Å²) in [5.41, 5.74) is 0.865. The fraction of sp³-hybridized carbons (Fsp3) is 0.625. The molecule has 1 aromatic rings. The minimum atomic E-state index is -0.000133. The number of carbonyl (C=O) groups is 1. The molecule has 2 aliphatic rings. The number of ether oxygens (including phenoxy) is 1. The predicted octanol–water partition coefficient (Wildman–Crippen LogP) is 1.70. The number of piperidine rings is 1. The van der Waals surface area contributed by atoms with Gasteiger partial charge in [0.1, 0.15) is 0 Å². The Balaban J connectivity index is 1.69. The molecular weight excluding hydrogens is 266 g/mol. The molecule has 1 amide bonds. The van der Waals surface area contributed by atoms with E-state index in [0.29, 0.717) is 23.5 Å². The Labute approximate surface area is 125 Å². The molecule has 0 aliphatic carbocycles. The van der Waals surface area contributed by atoms with Crippen LogP contribution >= 0.6 is 0 Å². The monoisotopic (exact) mass is 289 g/mol. The highest BCUT2D eigenvalue weighted by molar-refractivity contribution is 5.95. The molecule has 5 heteroatoms. The Hall–Kier alpha value is -1.62. The summed E-state index contributed by atoms with van der Waals surface area (Å²) in [7, 11) is 0. The van der Waals surface area contributed by atoms with Gasteiger partial charge in [-0.25, -0.2) is 4.98 Å². The molecule has 1 N–H and O–H groups in total. The van der Waals surface area contributed by atoms with Gasteiger partial charge < -0.3 is 15.0 Å². The second kappa shape index (κ2) is 6.02. The molecule has 1 aromatic heterocycles. The number of aromatic nitrogens is 1. The van der Waals surface area contributed by atoms with Crippen LogP contribution in [0.25, 0.3) is 0 Å². The van der Waals surface area contributed by atoms with Crippen molar-refractivity contribution in [1.29, 1.82) is 0 Å². The van der Waals surface area contributed by atoms with E-state index in [9.17, 15) is 4.79 Å². The van der Waals surface area contributed by atoms with E-state index >= 15 is 0 Å². The first-order chi connectivity index (χ1) is 10.2. The highest BCUT2D eigenvalue weighted by Gasteiger charge is 2.38. The van der Waals surface area contributed by atoms with Crippen LogP contribution in [0, 0.1) is 5.41 Å². The fourth-order valence-corrected chi connectivity index (χ4v) is 3.38. The maximum absolute atomic E-state index is 12.7. The third kappa shape index (κ3) is 2.88. The van der Waals surface area contributed by atoms with Gasteiger partial charge in [-0.1, -0.05) is 0 Å². The van der Waals surface area contributed by atoms with Crippen molar-refractivity contribution in [3.05, 3.63) is 24.0 Å². The van der Waals surface area contributed by atoms with E-state index in [1.807, 2.05) is 17.9 Å². The lowest BCUT2D eigenvalue weighted by Crippen LogP contribution is -2.44. The van der Waals surface area contributed by atoms with Crippen molar-refractivity contribution < 1.29 is 9.53 Å². The molecule has 3 rings (SSSR count). The molecule has 5 nitrogen and oxygen atoms in total. The van der Waals surface area contributed by atoms with Crippen LogP contribution in [0.15, 0.2) is 18.3 Å². The highest BCUT2D eigenvalue weighted by Crippen LogP contribution is 2.37. The number of amides is 1. The van der Waals surface area contributed by atoms with E-state index in [2.05, 4.69) is 10.3 Å². The SMILES string of the molecule is CCOc1cccnc1C(=O)N1CCC2(CCNC2)CC1. The van der Waals surface area contributed by atoms with Gasteiger partial charge >= 0.3 is 0 Å². The number of pyridine rings is 1. The largest absolute Gasteiger partial charge is 0.491 e. The summed E-state index contributed by atoms with van der Waals surface area (Å²) in [5.74, 6) is 0.590. The summed E-state index contributed by atoms with van der Waals surface area (Å²) in [6.45, 7) is 6.32. The number of nitrogens with zero attached hydrogens (tertiary/aromatic N) is 2. The fourth-order valence-electron chi connectivity index (χ4n) is 3.38. The van der Waals surface area contributed by atoms with E-state index in [1.54, 1.807) is 12.3 Å². The molecule has 21 heavy (non-hydrogen) atoms. The smallest absolute Gasteiger partial charge is 0.276 e. The average Bonchev–Trinajstić information content (AvgIpc) is 2.97. The van der Waals surface area contributed by atoms with Crippen LogP contribution < -0.4 is 10.1 Å². The predicted molar refractivity (Wildman–Crippen MR) is 80.5 cm³/mol. The molecule has 0 atom stereocenters. The number of nitrogens with one attached hydrogen (secondary N) is 1. The summed E-state index contributed by atoms with van der Waals surface area (Å²) < 4.78 is 5.52. The lowest BCUT2D eigenvalue weighted by Gasteiger charge is -2.38. The second-order valence-corrected chi connectivity index (χ2v) is 6.00. The minimum absolute atomic E-state index is 0.000133. The Morgan fingerprint density at radius 2 is 2.24 bits per heavy atom. The van der Waals surface area contributed by atoms with Crippen LogP contribution in [0.3, 0.4) is 0 Å². The third-order valence-electron chi connectivity index (χ3n) is 4.72. The molecule has 0 unspecified atom stereocenters. The van der Waals surface area contributed by atoms with Crippen LogP contribution in [0.1, 0.15) is 36.7 Å². The van der Waals surface area contributed by atoms with E-state index in [1.165, 1.54) is 6.42 Å². The van der Waals surface area contributed by atoms with Gasteiger partial charge in [-0.15, -0.1) is 0 Å². The van der Waals surface area contributed by atoms with Crippen LogP contribution in [-0.2, 0) is 0 Å². The molecule has 1 spiro atoms. The standard InChI is InChI=1S/C16H23N3O2/c1-2-21-13-4-3-8-18-14(13)15(20)19-10-6-16(7-11-19)5-9-17-12-16/h3-4,8,17H,2,5-7,9-12H2,1H3. The van der Waals surface area contributed by atoms with Crippen molar-refractivity contribution in [1.82, 2.24) is 15.2 Å². The van der Waals surface area contributed by atoms with Gasteiger partial charge in [0.25, 0.3) is 5.91 Å². The maximum atomic E-state index is 12.7. The van der Waals surface area contributed by atoms with E-state index < -0.39 is 0 Å². The van der Waals surface area contributed by atoms with Gasteiger partial charge in [-0.3, -0.25) is 4.79 Å². The van der Waals surface area contributed by atoms with Crippen molar-refractivity contribution >= 4 is 5.91 Å². The zero-order chi connectivity index (χ0) is 14.7. The van der Waals surface area contributed by atoms with Crippen LogP contribution in [0.4, 0.5) is 0 Å². The summed E-state index contributed by atoms with van der Waals surface area (Å²) in [4.78, 5) is 18.8. The van der Waals surface area contributed by atoms with E-state index in [-0.39, 0.29) is 5.91 Å². The number of hydrogen-bond acceptors (Lipinski definition) is 4. The summed E-state index contributed by atoms with van der Waals surface area (Å²) in [6.07, 6.45) is 5.07. The molecule has 2 saturated heterocycles. The van der Waals surface area contributed by atoms with Crippen LogP contribution in [-0.4, -0.2) is 48.6 Å². The Kier molecular flexibility index (Phi) is 4.10. The molecular formula is C16H23N3O2. The first-order valence-electron chi connectivity index (χ1n) is 7.82. The number of carbonyl (C=O) groups excluding carboxylic acids is 1. The molecule has 114 valence electrons. The molecule has 3 heterocycles. The molecule has 0 bridgehead atoms. The zero-order valence-corrected chi connectivity index (χ0v) is 12.6. The van der Waals surface area contributed by atoms with Gasteiger partial charge in [0, 0.05) is 25.8 Å². The van der Waals surface area contributed by atoms with Gasteiger partial charge in [0.2, 0.25) is 0 Å². The average molecular weight is 289 g/mol. The zero-order valence-electron chi connectivity index (χ0n) is 12.6. The van der Waals surface area contributed by atoms with E-state index in [0.717, 1.165) is 39.0 Å². The molecule has 2 aliphatic heterocycles. The summed E-state index contributed by atoms with van der Waals surface area (Å²) in [5, 5.41) is 3.45. The Morgan fingerprint density at radius 3 is 2.90 bits per heavy atom. The first-order valence-corrected chi connectivity index (χ1v) is 7.82. The van der Waals surface area contributed by atoms with Crippen molar-refractivity contribution in [2.45, 2.75) is 26.2 Å². The molecule has 0 saturated carbocycles. The second-order valence-electron chi connectivity index (χ2n) is 6.00. The minimum Gasteiger partial charge on any atom is -0.491 e. The number of rotatable bonds is 3. The topological polar surface area (TPSA) is 54.5 Å². The summed E-state index contributed by atoms with van der Waals surface area (Å²) in [6, 6.07) is 3.62. The van der Waals surface area contributed by atoms with Gasteiger partial charge in [0.05, 0.1) is 6.61 Å². The quantitative estimate of drug-likeness (QED) is 0.920. The maximum Gasteiger partial charge on any atom is 0.276 e. The number of hydrogen-bond donors (Lipinski definition) is 1. The summed E-state index contributed by atoms with van der Waals surface area (Å²) >= 11 is 0. The third-order valence-corrected chi connectivity index (χ3v) is 4.72. The normalized spacial score (nSPS) is 20.7. The molecule has 0 radical (unpaired) electrons. The van der Waals surface area contributed by atoms with Crippen molar-refractivity contribution in [3.63, 3.8) is 0 Å². The lowest BCUT2D eigenvalue weighted by atomic mass is 9.78. The van der Waals surface area contributed by atoms with Gasteiger partial charge in [0.15, 0.2) is 11.4 Å². The number of likely N-dealkylation sites (tertiary alicyclic amines) is 1. The van der Waals surface area contributed by atoms with Crippen molar-refractivity contribution in [2.75, 3.05) is 32.8 Å². The van der Waals surface area contributed by atoms with Gasteiger partial charge in [-0.2, -0.15) is 0 Å². The van der Waals surface area contributed by atoms with E-state index in [4.69, 9.17) is 4.74 Å². The molecule has 0 aromatic carbocycles. The highest BCUT2D eigenvalue weighted by atomic mass is 16.5. The molecule has 2 fully saturated rings.